The average molecular weight is 370 g/mol. The molecule has 2 atom stereocenters. The van der Waals surface area contributed by atoms with Crippen molar-refractivity contribution < 1.29 is 19.1 Å². The molecule has 0 spiro atoms. The van der Waals surface area contributed by atoms with Crippen LogP contribution in [0.1, 0.15) is 12.5 Å². The molecular weight excluding hydrogens is 352 g/mol. The average Bonchev–Trinajstić information content (AvgIpc) is 3.12. The molecule has 0 saturated heterocycles. The second-order valence-corrected chi connectivity index (χ2v) is 7.40. The van der Waals surface area contributed by atoms with Crippen LogP contribution < -0.4 is 20.1 Å². The first-order valence-electron chi connectivity index (χ1n) is 8.34. The molecule has 7 heteroatoms. The van der Waals surface area contributed by atoms with E-state index in [4.69, 9.17) is 9.47 Å². The van der Waals surface area contributed by atoms with Gasteiger partial charge < -0.3 is 20.1 Å². The van der Waals surface area contributed by atoms with Gasteiger partial charge in [-0.05, 0) is 29.8 Å². The van der Waals surface area contributed by atoms with Gasteiger partial charge in [0.15, 0.2) is 11.5 Å². The normalized spacial score (nSPS) is 18.7. The largest absolute Gasteiger partial charge is 0.454 e. The van der Waals surface area contributed by atoms with E-state index in [1.807, 2.05) is 42.5 Å². The molecule has 0 saturated carbocycles. The molecule has 0 aliphatic carbocycles. The predicted molar refractivity (Wildman–Crippen MR) is 98.3 cm³/mol. The lowest BCUT2D eigenvalue weighted by Gasteiger charge is -2.27. The molecule has 2 aromatic rings. The molecular formula is C19H18N2O4S. The number of thioether (sulfide) groups is 1. The maximum atomic E-state index is 12.5. The number of carbonyl (C=O) groups is 2. The van der Waals surface area contributed by atoms with Gasteiger partial charge in [-0.3, -0.25) is 9.59 Å². The lowest BCUT2D eigenvalue weighted by atomic mass is 10.1. The van der Waals surface area contributed by atoms with Crippen LogP contribution in [-0.4, -0.2) is 23.9 Å². The van der Waals surface area contributed by atoms with E-state index < -0.39 is 11.2 Å². The second kappa shape index (κ2) is 6.92. The summed E-state index contributed by atoms with van der Waals surface area (Å²) in [6.45, 7) is 2.37. The van der Waals surface area contributed by atoms with E-state index in [0.717, 1.165) is 16.1 Å². The Balaban J connectivity index is 1.39. The fourth-order valence-electron chi connectivity index (χ4n) is 2.93. The van der Waals surface area contributed by atoms with Crippen molar-refractivity contribution in [1.82, 2.24) is 5.32 Å². The van der Waals surface area contributed by atoms with E-state index in [1.165, 1.54) is 11.8 Å². The van der Waals surface area contributed by atoms with E-state index in [0.29, 0.717) is 18.0 Å². The fraction of sp³-hybridized carbons (Fsp3) is 0.263. The third-order valence-electron chi connectivity index (χ3n) is 4.43. The van der Waals surface area contributed by atoms with Crippen molar-refractivity contribution in [3.63, 3.8) is 0 Å². The minimum absolute atomic E-state index is 0.139. The van der Waals surface area contributed by atoms with Gasteiger partial charge in [0.1, 0.15) is 0 Å². The molecule has 2 N–H and O–H groups in total. The van der Waals surface area contributed by atoms with Gasteiger partial charge in [0, 0.05) is 11.4 Å². The van der Waals surface area contributed by atoms with Crippen LogP contribution in [0.15, 0.2) is 47.4 Å². The highest BCUT2D eigenvalue weighted by Crippen LogP contribution is 2.38. The standard InChI is InChI=1S/C19H18N2O4S/c1-11(17-19(23)21-13-4-2-3-5-16(13)26-17)18(22)20-9-12-6-7-14-15(8-12)25-10-24-14/h2-8,11,17H,9-10H2,1H3,(H,20,22)(H,21,23)/t11-,17-/m0/s1. The Hall–Kier alpha value is -2.67. The van der Waals surface area contributed by atoms with Crippen LogP contribution in [0.3, 0.4) is 0 Å². The highest BCUT2D eigenvalue weighted by Gasteiger charge is 2.34. The molecule has 2 heterocycles. The van der Waals surface area contributed by atoms with E-state index in [2.05, 4.69) is 10.6 Å². The number of amides is 2. The van der Waals surface area contributed by atoms with Gasteiger partial charge in [0.05, 0.1) is 16.9 Å². The molecule has 2 aromatic carbocycles. The van der Waals surface area contributed by atoms with Crippen LogP contribution in [0.5, 0.6) is 11.5 Å². The predicted octanol–water partition coefficient (Wildman–Crippen LogP) is 2.78. The Bertz CT molecular complexity index is 870. The molecule has 134 valence electrons. The van der Waals surface area contributed by atoms with E-state index in [-0.39, 0.29) is 18.6 Å². The smallest absolute Gasteiger partial charge is 0.238 e. The van der Waals surface area contributed by atoms with Gasteiger partial charge in [-0.25, -0.2) is 0 Å². The Labute approximate surface area is 155 Å². The van der Waals surface area contributed by atoms with Crippen LogP contribution in [0.2, 0.25) is 0 Å². The number of para-hydroxylation sites is 1. The summed E-state index contributed by atoms with van der Waals surface area (Å²) >= 11 is 1.43. The molecule has 0 radical (unpaired) electrons. The Morgan fingerprint density at radius 3 is 2.96 bits per heavy atom. The van der Waals surface area contributed by atoms with E-state index in [1.54, 1.807) is 6.92 Å². The molecule has 2 aliphatic heterocycles. The molecule has 4 rings (SSSR count). The topological polar surface area (TPSA) is 76.7 Å². The van der Waals surface area contributed by atoms with Crippen molar-refractivity contribution in [3.05, 3.63) is 48.0 Å². The van der Waals surface area contributed by atoms with Gasteiger partial charge in [-0.15, -0.1) is 11.8 Å². The number of hydrogen-bond acceptors (Lipinski definition) is 5. The summed E-state index contributed by atoms with van der Waals surface area (Å²) in [5.41, 5.74) is 1.72. The summed E-state index contributed by atoms with van der Waals surface area (Å²) in [5, 5.41) is 5.32. The molecule has 0 fully saturated rings. The summed E-state index contributed by atoms with van der Waals surface area (Å²) in [7, 11) is 0. The monoisotopic (exact) mass is 370 g/mol. The van der Waals surface area contributed by atoms with Crippen molar-refractivity contribution in [2.45, 2.75) is 23.6 Å². The number of hydrogen-bond donors (Lipinski definition) is 2. The first-order valence-corrected chi connectivity index (χ1v) is 9.22. The van der Waals surface area contributed by atoms with Crippen LogP contribution in [0, 0.1) is 5.92 Å². The zero-order valence-corrected chi connectivity index (χ0v) is 15.0. The molecule has 26 heavy (non-hydrogen) atoms. The third-order valence-corrected chi connectivity index (χ3v) is 5.91. The summed E-state index contributed by atoms with van der Waals surface area (Å²) in [6, 6.07) is 13.2. The Morgan fingerprint density at radius 1 is 1.27 bits per heavy atom. The van der Waals surface area contributed by atoms with Crippen LogP contribution in [0.25, 0.3) is 0 Å². The lowest BCUT2D eigenvalue weighted by molar-refractivity contribution is -0.127. The number of carbonyl (C=O) groups excluding carboxylic acids is 2. The van der Waals surface area contributed by atoms with Crippen molar-refractivity contribution in [2.75, 3.05) is 12.1 Å². The molecule has 0 aromatic heterocycles. The maximum absolute atomic E-state index is 12.5. The first kappa shape index (κ1) is 16.8. The lowest BCUT2D eigenvalue weighted by Crippen LogP contribution is -2.41. The van der Waals surface area contributed by atoms with Crippen molar-refractivity contribution >= 4 is 29.3 Å². The Kier molecular flexibility index (Phi) is 4.46. The molecule has 0 unspecified atom stereocenters. The summed E-state index contributed by atoms with van der Waals surface area (Å²) in [5.74, 6) is 0.641. The zero-order valence-electron chi connectivity index (χ0n) is 14.2. The third kappa shape index (κ3) is 3.22. The number of fused-ring (bicyclic) bond motifs is 2. The maximum Gasteiger partial charge on any atom is 0.238 e. The van der Waals surface area contributed by atoms with Gasteiger partial charge in [-0.1, -0.05) is 25.1 Å². The number of benzene rings is 2. The van der Waals surface area contributed by atoms with Crippen LogP contribution in [-0.2, 0) is 16.1 Å². The number of nitrogens with one attached hydrogen (secondary N) is 2. The molecule has 2 amide bonds. The minimum Gasteiger partial charge on any atom is -0.454 e. The van der Waals surface area contributed by atoms with Crippen molar-refractivity contribution in [1.29, 1.82) is 0 Å². The highest BCUT2D eigenvalue weighted by atomic mass is 32.2. The van der Waals surface area contributed by atoms with E-state index in [9.17, 15) is 9.59 Å². The molecule has 0 bridgehead atoms. The SMILES string of the molecule is C[C@H](C(=O)NCc1ccc2c(c1)OCO2)[C@@H]1Sc2ccccc2NC1=O. The second-order valence-electron chi connectivity index (χ2n) is 6.22. The van der Waals surface area contributed by atoms with E-state index >= 15 is 0 Å². The molecule has 2 aliphatic rings. The highest BCUT2D eigenvalue weighted by molar-refractivity contribution is 8.01. The summed E-state index contributed by atoms with van der Waals surface area (Å²) < 4.78 is 10.6. The van der Waals surface area contributed by atoms with Crippen molar-refractivity contribution in [2.24, 2.45) is 5.92 Å². The minimum atomic E-state index is -0.457. The number of ether oxygens (including phenoxy) is 2. The fourth-order valence-corrected chi connectivity index (χ4v) is 4.10. The van der Waals surface area contributed by atoms with Crippen LogP contribution >= 0.6 is 11.8 Å². The van der Waals surface area contributed by atoms with Gasteiger partial charge in [-0.2, -0.15) is 0 Å². The Morgan fingerprint density at radius 2 is 2.08 bits per heavy atom. The molecule has 6 nitrogen and oxygen atoms in total. The van der Waals surface area contributed by atoms with Gasteiger partial charge in [0.25, 0.3) is 0 Å². The first-order chi connectivity index (χ1) is 12.6. The number of rotatable bonds is 4. The summed E-state index contributed by atoms with van der Waals surface area (Å²) in [6.07, 6.45) is 0. The quantitative estimate of drug-likeness (QED) is 0.865. The van der Waals surface area contributed by atoms with Gasteiger partial charge in [0.2, 0.25) is 18.6 Å². The van der Waals surface area contributed by atoms with Crippen LogP contribution in [0.4, 0.5) is 5.69 Å². The zero-order chi connectivity index (χ0) is 18.1. The number of anilines is 1. The summed E-state index contributed by atoms with van der Waals surface area (Å²) in [4.78, 5) is 25.9. The van der Waals surface area contributed by atoms with Crippen molar-refractivity contribution in [3.8, 4) is 11.5 Å². The van der Waals surface area contributed by atoms with Gasteiger partial charge >= 0.3 is 0 Å².